The zero-order valence-electron chi connectivity index (χ0n) is 13.8. The van der Waals surface area contributed by atoms with Crippen LogP contribution in [0.25, 0.3) is 0 Å². The lowest BCUT2D eigenvalue weighted by Crippen LogP contribution is -2.44. The number of nitrogens with zero attached hydrogens (tertiary/aromatic N) is 1. The Kier molecular flexibility index (Phi) is 4.65. The Hall–Kier alpha value is -2.29. The molecule has 0 saturated heterocycles. The summed E-state index contributed by atoms with van der Waals surface area (Å²) < 4.78 is 5.98. The normalized spacial score (nSPS) is 15.0. The van der Waals surface area contributed by atoms with E-state index in [0.717, 1.165) is 36.4 Å². The van der Waals surface area contributed by atoms with E-state index >= 15 is 0 Å². The molecule has 23 heavy (non-hydrogen) atoms. The van der Waals surface area contributed by atoms with Crippen molar-refractivity contribution >= 4 is 11.6 Å². The minimum absolute atomic E-state index is 0.0566. The molecule has 0 aliphatic carbocycles. The zero-order chi connectivity index (χ0) is 16.2. The lowest BCUT2D eigenvalue weighted by molar-refractivity contribution is -0.125. The predicted octanol–water partition coefficient (Wildman–Crippen LogP) is 4.13. The fourth-order valence-electron chi connectivity index (χ4n) is 3.10. The highest BCUT2D eigenvalue weighted by molar-refractivity contribution is 5.97. The van der Waals surface area contributed by atoms with Crippen molar-refractivity contribution in [3.63, 3.8) is 0 Å². The number of fused-ring (bicyclic) bond motifs is 1. The highest BCUT2D eigenvalue weighted by Gasteiger charge is 2.28. The molecule has 0 bridgehead atoms. The SMILES string of the molecule is CC[C@H](Oc1cccc(C)c1)C(=O)N1CCCc2ccccc21. The van der Waals surface area contributed by atoms with Crippen LogP contribution in [0.1, 0.15) is 30.9 Å². The summed E-state index contributed by atoms with van der Waals surface area (Å²) in [5.41, 5.74) is 3.42. The molecule has 0 unspecified atom stereocenters. The standard InChI is InChI=1S/C20H23NO2/c1-3-19(23-17-11-6-8-15(2)14-17)20(22)21-13-7-10-16-9-4-5-12-18(16)21/h4-6,8-9,11-12,14,19H,3,7,10,13H2,1-2H3/t19-/m0/s1. The number of hydrogen-bond acceptors (Lipinski definition) is 2. The van der Waals surface area contributed by atoms with Gasteiger partial charge in [-0.05, 0) is 55.5 Å². The van der Waals surface area contributed by atoms with Crippen molar-refractivity contribution in [2.75, 3.05) is 11.4 Å². The monoisotopic (exact) mass is 309 g/mol. The lowest BCUT2D eigenvalue weighted by atomic mass is 10.0. The second kappa shape index (κ2) is 6.86. The van der Waals surface area contributed by atoms with E-state index in [1.807, 2.05) is 61.2 Å². The molecule has 1 aliphatic rings. The van der Waals surface area contributed by atoms with Gasteiger partial charge in [0, 0.05) is 12.2 Å². The van der Waals surface area contributed by atoms with E-state index in [2.05, 4.69) is 6.07 Å². The van der Waals surface area contributed by atoms with E-state index in [1.165, 1.54) is 5.56 Å². The van der Waals surface area contributed by atoms with Gasteiger partial charge in [0.05, 0.1) is 0 Å². The molecule has 0 radical (unpaired) electrons. The van der Waals surface area contributed by atoms with Crippen LogP contribution >= 0.6 is 0 Å². The summed E-state index contributed by atoms with van der Waals surface area (Å²) in [6, 6.07) is 16.0. The van der Waals surface area contributed by atoms with Gasteiger partial charge in [0.15, 0.2) is 6.10 Å². The van der Waals surface area contributed by atoms with Crippen LogP contribution in [-0.2, 0) is 11.2 Å². The maximum Gasteiger partial charge on any atom is 0.268 e. The van der Waals surface area contributed by atoms with Crippen molar-refractivity contribution in [1.29, 1.82) is 0 Å². The number of aryl methyl sites for hydroxylation is 2. The number of ether oxygens (including phenoxy) is 1. The molecule has 1 aliphatic heterocycles. The number of para-hydroxylation sites is 1. The lowest BCUT2D eigenvalue weighted by Gasteiger charge is -2.32. The van der Waals surface area contributed by atoms with Crippen LogP contribution in [0.15, 0.2) is 48.5 Å². The first-order valence-electron chi connectivity index (χ1n) is 8.31. The summed E-state index contributed by atoms with van der Waals surface area (Å²) >= 11 is 0. The van der Waals surface area contributed by atoms with Crippen LogP contribution in [0.3, 0.4) is 0 Å². The van der Waals surface area contributed by atoms with Gasteiger partial charge in [-0.25, -0.2) is 0 Å². The summed E-state index contributed by atoms with van der Waals surface area (Å²) in [5.74, 6) is 0.816. The summed E-state index contributed by atoms with van der Waals surface area (Å²) in [6.07, 6.45) is 2.26. The van der Waals surface area contributed by atoms with Gasteiger partial charge in [-0.3, -0.25) is 4.79 Å². The van der Waals surface area contributed by atoms with Gasteiger partial charge in [0.25, 0.3) is 5.91 Å². The largest absolute Gasteiger partial charge is 0.481 e. The van der Waals surface area contributed by atoms with Crippen LogP contribution in [-0.4, -0.2) is 18.6 Å². The molecule has 1 amide bonds. The van der Waals surface area contributed by atoms with Gasteiger partial charge in [0.2, 0.25) is 0 Å². The number of carbonyl (C=O) groups is 1. The molecular weight excluding hydrogens is 286 g/mol. The first kappa shape index (κ1) is 15.6. The molecule has 3 nitrogen and oxygen atoms in total. The first-order valence-corrected chi connectivity index (χ1v) is 8.31. The van der Waals surface area contributed by atoms with Crippen molar-refractivity contribution in [3.8, 4) is 5.75 Å². The van der Waals surface area contributed by atoms with E-state index in [1.54, 1.807) is 0 Å². The Balaban J connectivity index is 1.81. The molecular formula is C20H23NO2. The van der Waals surface area contributed by atoms with Crippen molar-refractivity contribution in [2.24, 2.45) is 0 Å². The van der Waals surface area contributed by atoms with Crippen LogP contribution in [0.2, 0.25) is 0 Å². The van der Waals surface area contributed by atoms with Crippen LogP contribution in [0, 0.1) is 6.92 Å². The molecule has 0 N–H and O–H groups in total. The number of benzene rings is 2. The molecule has 3 heteroatoms. The van der Waals surface area contributed by atoms with E-state index in [9.17, 15) is 4.79 Å². The zero-order valence-corrected chi connectivity index (χ0v) is 13.8. The third-order valence-corrected chi connectivity index (χ3v) is 4.29. The minimum atomic E-state index is -0.442. The van der Waals surface area contributed by atoms with Gasteiger partial charge in [-0.15, -0.1) is 0 Å². The second-order valence-corrected chi connectivity index (χ2v) is 6.05. The molecule has 1 atom stereocenters. The van der Waals surface area contributed by atoms with E-state index in [4.69, 9.17) is 4.74 Å². The Labute approximate surface area is 137 Å². The van der Waals surface area contributed by atoms with E-state index < -0.39 is 6.10 Å². The van der Waals surface area contributed by atoms with Gasteiger partial charge in [-0.2, -0.15) is 0 Å². The Morgan fingerprint density at radius 3 is 2.83 bits per heavy atom. The predicted molar refractivity (Wildman–Crippen MR) is 93.0 cm³/mol. The highest BCUT2D eigenvalue weighted by Crippen LogP contribution is 2.28. The van der Waals surface area contributed by atoms with Gasteiger partial charge >= 0.3 is 0 Å². The highest BCUT2D eigenvalue weighted by atomic mass is 16.5. The Bertz CT molecular complexity index is 696. The number of amides is 1. The fourth-order valence-corrected chi connectivity index (χ4v) is 3.10. The molecule has 0 saturated carbocycles. The minimum Gasteiger partial charge on any atom is -0.481 e. The maximum atomic E-state index is 13.0. The molecule has 0 spiro atoms. The molecule has 1 heterocycles. The quantitative estimate of drug-likeness (QED) is 0.850. The average Bonchev–Trinajstić information content (AvgIpc) is 2.58. The molecule has 2 aromatic carbocycles. The van der Waals surface area contributed by atoms with Crippen molar-refractivity contribution in [2.45, 2.75) is 39.2 Å². The van der Waals surface area contributed by atoms with Gasteiger partial charge in [0.1, 0.15) is 5.75 Å². The second-order valence-electron chi connectivity index (χ2n) is 6.05. The number of rotatable bonds is 4. The van der Waals surface area contributed by atoms with Crippen molar-refractivity contribution in [3.05, 3.63) is 59.7 Å². The molecule has 0 aromatic heterocycles. The summed E-state index contributed by atoms with van der Waals surface area (Å²) in [7, 11) is 0. The fraction of sp³-hybridized carbons (Fsp3) is 0.350. The molecule has 2 aromatic rings. The number of anilines is 1. The summed E-state index contributed by atoms with van der Waals surface area (Å²) in [6.45, 7) is 4.79. The van der Waals surface area contributed by atoms with E-state index in [0.29, 0.717) is 6.42 Å². The van der Waals surface area contributed by atoms with E-state index in [-0.39, 0.29) is 5.91 Å². The van der Waals surface area contributed by atoms with Crippen LogP contribution in [0.5, 0.6) is 5.75 Å². The van der Waals surface area contributed by atoms with Crippen molar-refractivity contribution < 1.29 is 9.53 Å². The van der Waals surface area contributed by atoms with Crippen LogP contribution in [0.4, 0.5) is 5.69 Å². The summed E-state index contributed by atoms with van der Waals surface area (Å²) in [5, 5.41) is 0. The third-order valence-electron chi connectivity index (χ3n) is 4.29. The maximum absolute atomic E-state index is 13.0. The molecule has 3 rings (SSSR count). The first-order chi connectivity index (χ1) is 11.2. The average molecular weight is 309 g/mol. The number of hydrogen-bond donors (Lipinski definition) is 0. The van der Waals surface area contributed by atoms with Crippen LogP contribution < -0.4 is 9.64 Å². The third kappa shape index (κ3) is 3.39. The number of carbonyl (C=O) groups excluding carboxylic acids is 1. The van der Waals surface area contributed by atoms with Crippen molar-refractivity contribution in [1.82, 2.24) is 0 Å². The Morgan fingerprint density at radius 1 is 1.22 bits per heavy atom. The molecule has 0 fully saturated rings. The Morgan fingerprint density at radius 2 is 2.04 bits per heavy atom. The summed E-state index contributed by atoms with van der Waals surface area (Å²) in [4.78, 5) is 14.9. The topological polar surface area (TPSA) is 29.5 Å². The van der Waals surface area contributed by atoms with Gasteiger partial charge < -0.3 is 9.64 Å². The van der Waals surface area contributed by atoms with Gasteiger partial charge in [-0.1, -0.05) is 37.3 Å². The molecule has 120 valence electrons. The smallest absolute Gasteiger partial charge is 0.268 e.